The molecule has 218 valence electrons. The molecule has 14 heteroatoms. The minimum Gasteiger partial charge on any atom is -0.495 e. The van der Waals surface area contributed by atoms with Crippen molar-refractivity contribution in [3.8, 4) is 5.75 Å². The van der Waals surface area contributed by atoms with Crippen LogP contribution in [0.3, 0.4) is 0 Å². The van der Waals surface area contributed by atoms with E-state index in [1.165, 1.54) is 18.1 Å². The van der Waals surface area contributed by atoms with Crippen LogP contribution in [0.15, 0.2) is 36.4 Å². The monoisotopic (exact) mass is 614 g/mol. The van der Waals surface area contributed by atoms with Gasteiger partial charge in [0.05, 0.1) is 18.3 Å². The first-order valence-corrected chi connectivity index (χ1v) is 15.3. The molecular formula is C26H32Cl2N4O7S. The van der Waals surface area contributed by atoms with E-state index in [2.05, 4.69) is 5.32 Å². The third kappa shape index (κ3) is 7.76. The van der Waals surface area contributed by atoms with Crippen LogP contribution in [-0.2, 0) is 26.2 Å². The van der Waals surface area contributed by atoms with Crippen LogP contribution in [0.4, 0.5) is 11.4 Å². The topological polar surface area (TPSA) is 139 Å². The maximum atomic E-state index is 13.8. The molecule has 2 aromatic rings. The number of carbonyl (C=O) groups is 2. The van der Waals surface area contributed by atoms with E-state index in [0.29, 0.717) is 9.87 Å². The summed E-state index contributed by atoms with van der Waals surface area (Å²) < 4.78 is 31.7. The van der Waals surface area contributed by atoms with Crippen molar-refractivity contribution in [1.82, 2.24) is 10.2 Å². The zero-order valence-corrected chi connectivity index (χ0v) is 24.8. The molecule has 1 saturated carbocycles. The Morgan fingerprint density at radius 3 is 2.33 bits per heavy atom. The van der Waals surface area contributed by atoms with Gasteiger partial charge < -0.3 is 15.0 Å². The van der Waals surface area contributed by atoms with Gasteiger partial charge in [0.1, 0.15) is 24.0 Å². The van der Waals surface area contributed by atoms with Crippen molar-refractivity contribution in [2.24, 2.45) is 0 Å². The molecular weight excluding hydrogens is 583 g/mol. The van der Waals surface area contributed by atoms with Crippen LogP contribution in [0.2, 0.25) is 10.0 Å². The van der Waals surface area contributed by atoms with Gasteiger partial charge >= 0.3 is 0 Å². The normalized spacial score (nSPS) is 14.7. The van der Waals surface area contributed by atoms with Crippen LogP contribution in [0.25, 0.3) is 0 Å². The number of carbonyl (C=O) groups excluding carboxylic acids is 2. The van der Waals surface area contributed by atoms with Crippen molar-refractivity contribution in [1.29, 1.82) is 0 Å². The van der Waals surface area contributed by atoms with Crippen molar-refractivity contribution in [3.05, 3.63) is 62.1 Å². The maximum Gasteiger partial charge on any atom is 0.271 e. The van der Waals surface area contributed by atoms with Gasteiger partial charge in [-0.1, -0.05) is 48.5 Å². The minimum absolute atomic E-state index is 0.00705. The Bertz CT molecular complexity index is 1350. The fourth-order valence-electron chi connectivity index (χ4n) is 4.59. The molecule has 0 bridgehead atoms. The second-order valence-corrected chi connectivity index (χ2v) is 12.3. The molecule has 11 nitrogen and oxygen atoms in total. The van der Waals surface area contributed by atoms with Crippen molar-refractivity contribution in [2.75, 3.05) is 24.2 Å². The van der Waals surface area contributed by atoms with Crippen LogP contribution >= 0.6 is 23.2 Å². The van der Waals surface area contributed by atoms with Crippen molar-refractivity contribution < 1.29 is 27.7 Å². The van der Waals surface area contributed by atoms with Gasteiger partial charge in [-0.3, -0.25) is 24.0 Å². The van der Waals surface area contributed by atoms with Crippen LogP contribution in [0.1, 0.15) is 44.6 Å². The number of rotatable bonds is 11. The van der Waals surface area contributed by atoms with Gasteiger partial charge in [0.2, 0.25) is 21.8 Å². The van der Waals surface area contributed by atoms with Gasteiger partial charge in [-0.25, -0.2) is 8.42 Å². The van der Waals surface area contributed by atoms with E-state index in [-0.39, 0.29) is 34.1 Å². The number of amides is 2. The molecule has 1 aliphatic rings. The van der Waals surface area contributed by atoms with Gasteiger partial charge in [-0.15, -0.1) is 0 Å². The summed E-state index contributed by atoms with van der Waals surface area (Å²) in [5.74, 6) is -1.14. The predicted molar refractivity (Wildman–Crippen MR) is 153 cm³/mol. The van der Waals surface area contributed by atoms with Crippen molar-refractivity contribution in [3.63, 3.8) is 0 Å². The molecule has 0 aromatic heterocycles. The number of nitrogens with one attached hydrogen (secondary N) is 1. The summed E-state index contributed by atoms with van der Waals surface area (Å²) in [5, 5.41) is 14.9. The summed E-state index contributed by atoms with van der Waals surface area (Å²) in [4.78, 5) is 39.0. The first kappa shape index (κ1) is 31.4. The molecule has 2 aromatic carbocycles. The Kier molecular flexibility index (Phi) is 10.6. The number of benzene rings is 2. The SMILES string of the molecule is COc1ccc([N+](=O)[O-])cc1N(CC(=O)N(Cc1c(Cl)cccc1Cl)[C@H](C)C(=O)NC1CCCCC1)S(C)(=O)=O. The highest BCUT2D eigenvalue weighted by atomic mass is 35.5. The molecule has 1 N–H and O–H groups in total. The number of ether oxygens (including phenoxy) is 1. The summed E-state index contributed by atoms with van der Waals surface area (Å²) in [6.07, 6.45) is 5.61. The number of halogens is 2. The molecule has 0 heterocycles. The summed E-state index contributed by atoms with van der Waals surface area (Å²) in [6, 6.07) is 7.21. The fourth-order valence-corrected chi connectivity index (χ4v) is 5.95. The Morgan fingerprint density at radius 1 is 1.15 bits per heavy atom. The highest BCUT2D eigenvalue weighted by molar-refractivity contribution is 7.92. The van der Waals surface area contributed by atoms with E-state index in [1.54, 1.807) is 25.1 Å². The lowest BCUT2D eigenvalue weighted by molar-refractivity contribution is -0.384. The van der Waals surface area contributed by atoms with E-state index >= 15 is 0 Å². The van der Waals surface area contributed by atoms with Gasteiger partial charge in [-0.2, -0.15) is 0 Å². The lowest BCUT2D eigenvalue weighted by atomic mass is 9.95. The molecule has 1 atom stereocenters. The Hall–Kier alpha value is -3.09. The molecule has 1 aliphatic carbocycles. The average molecular weight is 616 g/mol. The molecule has 3 rings (SSSR count). The highest BCUT2D eigenvalue weighted by Gasteiger charge is 2.33. The number of anilines is 1. The first-order valence-electron chi connectivity index (χ1n) is 12.7. The molecule has 0 spiro atoms. The summed E-state index contributed by atoms with van der Waals surface area (Å²) >= 11 is 12.7. The van der Waals surface area contributed by atoms with Gasteiger partial charge in [0, 0.05) is 40.3 Å². The second-order valence-electron chi connectivity index (χ2n) is 9.62. The second kappa shape index (κ2) is 13.5. The van der Waals surface area contributed by atoms with Gasteiger partial charge in [0.15, 0.2) is 0 Å². The number of non-ortho nitro benzene ring substituents is 1. The summed E-state index contributed by atoms with van der Waals surface area (Å²) in [6.45, 7) is 0.597. The molecule has 0 radical (unpaired) electrons. The number of hydrogen-bond acceptors (Lipinski definition) is 7. The van der Waals surface area contributed by atoms with Gasteiger partial charge in [-0.05, 0) is 38.0 Å². The first-order chi connectivity index (χ1) is 18.8. The zero-order valence-electron chi connectivity index (χ0n) is 22.4. The van der Waals surface area contributed by atoms with Crippen LogP contribution in [-0.4, -0.2) is 62.0 Å². The van der Waals surface area contributed by atoms with Crippen LogP contribution in [0, 0.1) is 10.1 Å². The van der Waals surface area contributed by atoms with Crippen LogP contribution < -0.4 is 14.4 Å². The van der Waals surface area contributed by atoms with Crippen molar-refractivity contribution in [2.45, 2.75) is 57.7 Å². The average Bonchev–Trinajstić information content (AvgIpc) is 2.90. The van der Waals surface area contributed by atoms with Gasteiger partial charge in [0.25, 0.3) is 5.69 Å². The number of sulfonamides is 1. The Balaban J connectivity index is 2.00. The molecule has 0 saturated heterocycles. The number of nitrogens with zero attached hydrogens (tertiary/aromatic N) is 3. The number of nitro groups is 1. The highest BCUT2D eigenvalue weighted by Crippen LogP contribution is 2.34. The third-order valence-electron chi connectivity index (χ3n) is 6.83. The Morgan fingerprint density at radius 2 is 1.77 bits per heavy atom. The molecule has 0 unspecified atom stereocenters. The number of hydrogen-bond donors (Lipinski definition) is 1. The van der Waals surface area contributed by atoms with E-state index in [0.717, 1.165) is 50.5 Å². The molecule has 40 heavy (non-hydrogen) atoms. The number of methoxy groups -OCH3 is 1. The van der Waals surface area contributed by atoms with E-state index in [4.69, 9.17) is 27.9 Å². The Labute approximate surface area is 243 Å². The standard InChI is InChI=1S/C26H32Cl2N4O7S/c1-17(26(34)29-18-8-5-4-6-9-18)30(15-20-21(27)10-7-11-22(20)28)25(33)16-31(40(3,37)38)23-14-19(32(35)36)12-13-24(23)39-2/h7,10-14,17-18H,4-6,8-9,15-16H2,1-3H3,(H,29,34)/t17-/m1/s1. The largest absolute Gasteiger partial charge is 0.495 e. The predicted octanol–water partition coefficient (Wildman–Crippen LogP) is 4.54. The van der Waals surface area contributed by atoms with E-state index in [9.17, 15) is 28.1 Å². The molecule has 0 aliphatic heterocycles. The lowest BCUT2D eigenvalue weighted by Crippen LogP contribution is -2.53. The maximum absolute atomic E-state index is 13.8. The quantitative estimate of drug-likeness (QED) is 0.289. The third-order valence-corrected chi connectivity index (χ3v) is 8.66. The summed E-state index contributed by atoms with van der Waals surface area (Å²) in [5.41, 5.74) is -0.199. The summed E-state index contributed by atoms with van der Waals surface area (Å²) in [7, 11) is -2.87. The molecule has 2 amide bonds. The van der Waals surface area contributed by atoms with Crippen molar-refractivity contribution >= 4 is 56.4 Å². The number of nitro benzene ring substituents is 1. The fraction of sp³-hybridized carbons (Fsp3) is 0.462. The minimum atomic E-state index is -4.15. The smallest absolute Gasteiger partial charge is 0.271 e. The zero-order chi connectivity index (χ0) is 29.6. The van der Waals surface area contributed by atoms with E-state index in [1.807, 2.05) is 0 Å². The van der Waals surface area contributed by atoms with E-state index < -0.39 is 45.0 Å². The lowest BCUT2D eigenvalue weighted by Gasteiger charge is -2.33. The molecule has 1 fully saturated rings. The van der Waals surface area contributed by atoms with Crippen LogP contribution in [0.5, 0.6) is 5.75 Å².